The molecular weight excluding hydrogens is 238 g/mol. The van der Waals surface area contributed by atoms with E-state index in [-0.39, 0.29) is 0 Å². The molecule has 0 bridgehead atoms. The third-order valence-electron chi connectivity index (χ3n) is 3.49. The lowest BCUT2D eigenvalue weighted by atomic mass is 9.86. The normalized spacial score (nSPS) is 16.3. The van der Waals surface area contributed by atoms with E-state index >= 15 is 0 Å². The van der Waals surface area contributed by atoms with Gasteiger partial charge in [0.2, 0.25) is 0 Å². The molecule has 0 unspecified atom stereocenters. The van der Waals surface area contributed by atoms with Gasteiger partial charge in [-0.2, -0.15) is 5.10 Å². The highest BCUT2D eigenvalue weighted by molar-refractivity contribution is 6.07. The second kappa shape index (κ2) is 4.72. The molecule has 2 aromatic rings. The highest BCUT2D eigenvalue weighted by atomic mass is 16.2. The van der Waals surface area contributed by atoms with Crippen molar-refractivity contribution in [2.45, 2.75) is 19.3 Å². The summed E-state index contributed by atoms with van der Waals surface area (Å²) in [7, 11) is 0. The van der Waals surface area contributed by atoms with Crippen LogP contribution < -0.4 is 11.2 Å². The minimum atomic E-state index is -0.625. The zero-order chi connectivity index (χ0) is 13.2. The van der Waals surface area contributed by atoms with Crippen LogP contribution in [0.1, 0.15) is 24.0 Å². The molecule has 0 heterocycles. The number of carbonyl (C=O) groups is 1. The van der Waals surface area contributed by atoms with E-state index in [4.69, 9.17) is 5.73 Å². The SMILES string of the molecule is NC(=O)N/N=C1/CCCc2c1ccc1ccccc21. The fourth-order valence-corrected chi connectivity index (χ4v) is 2.68. The minimum absolute atomic E-state index is 0.625. The Kier molecular flexibility index (Phi) is 2.91. The molecule has 2 aromatic carbocycles. The van der Waals surface area contributed by atoms with Gasteiger partial charge >= 0.3 is 6.03 Å². The molecule has 1 aliphatic carbocycles. The Morgan fingerprint density at radius 3 is 2.84 bits per heavy atom. The van der Waals surface area contributed by atoms with Crippen LogP contribution in [0, 0.1) is 0 Å². The Morgan fingerprint density at radius 1 is 1.16 bits per heavy atom. The summed E-state index contributed by atoms with van der Waals surface area (Å²) < 4.78 is 0. The summed E-state index contributed by atoms with van der Waals surface area (Å²) in [6, 6.07) is 11.9. The number of hydrazone groups is 1. The highest BCUT2D eigenvalue weighted by Crippen LogP contribution is 2.29. The zero-order valence-electron chi connectivity index (χ0n) is 10.5. The lowest BCUT2D eigenvalue weighted by molar-refractivity contribution is 0.249. The van der Waals surface area contributed by atoms with Crippen molar-refractivity contribution in [3.05, 3.63) is 47.5 Å². The maximum Gasteiger partial charge on any atom is 0.332 e. The number of benzene rings is 2. The topological polar surface area (TPSA) is 67.5 Å². The first-order valence-electron chi connectivity index (χ1n) is 6.39. The number of primary amides is 1. The molecule has 4 heteroatoms. The number of aryl methyl sites for hydroxylation is 1. The fourth-order valence-electron chi connectivity index (χ4n) is 2.68. The predicted molar refractivity (Wildman–Crippen MR) is 76.1 cm³/mol. The largest absolute Gasteiger partial charge is 0.350 e. The molecule has 1 aliphatic rings. The number of urea groups is 1. The first-order chi connectivity index (χ1) is 9.25. The molecule has 0 radical (unpaired) electrons. The smallest absolute Gasteiger partial charge is 0.332 e. The van der Waals surface area contributed by atoms with Gasteiger partial charge in [0.1, 0.15) is 0 Å². The van der Waals surface area contributed by atoms with Crippen LogP contribution in [-0.2, 0) is 6.42 Å². The van der Waals surface area contributed by atoms with Crippen LogP contribution in [0.3, 0.4) is 0 Å². The Labute approximate surface area is 111 Å². The number of rotatable bonds is 1. The maximum absolute atomic E-state index is 10.8. The Morgan fingerprint density at radius 2 is 2.00 bits per heavy atom. The zero-order valence-corrected chi connectivity index (χ0v) is 10.5. The van der Waals surface area contributed by atoms with Gasteiger partial charge in [0.25, 0.3) is 0 Å². The molecule has 96 valence electrons. The Balaban J connectivity index is 2.13. The first-order valence-corrected chi connectivity index (χ1v) is 6.39. The van der Waals surface area contributed by atoms with E-state index in [1.807, 2.05) is 6.07 Å². The van der Waals surface area contributed by atoms with Crippen molar-refractivity contribution in [3.63, 3.8) is 0 Å². The standard InChI is InChI=1S/C15H15N3O/c16-15(19)18-17-14-7-3-6-12-11-5-2-1-4-10(11)8-9-13(12)14/h1-2,4-5,8-9H,3,6-7H2,(H3,16,18,19)/b17-14-. The molecule has 0 aromatic heterocycles. The van der Waals surface area contributed by atoms with Gasteiger partial charge in [-0.25, -0.2) is 10.2 Å². The summed E-state index contributed by atoms with van der Waals surface area (Å²) in [6.45, 7) is 0. The number of hydrogen-bond acceptors (Lipinski definition) is 2. The predicted octanol–water partition coefficient (Wildman–Crippen LogP) is 2.55. The number of fused-ring (bicyclic) bond motifs is 3. The van der Waals surface area contributed by atoms with Gasteiger partial charge in [0.05, 0.1) is 5.71 Å². The molecule has 0 aliphatic heterocycles. The number of amides is 2. The maximum atomic E-state index is 10.8. The molecule has 0 atom stereocenters. The first kappa shape index (κ1) is 11.7. The van der Waals surface area contributed by atoms with E-state index in [1.54, 1.807) is 0 Å². The fraction of sp³-hybridized carbons (Fsp3) is 0.200. The van der Waals surface area contributed by atoms with Gasteiger partial charge in [0.15, 0.2) is 0 Å². The van der Waals surface area contributed by atoms with Gasteiger partial charge in [-0.15, -0.1) is 0 Å². The molecule has 0 spiro atoms. The van der Waals surface area contributed by atoms with Crippen molar-refractivity contribution in [2.75, 3.05) is 0 Å². The highest BCUT2D eigenvalue weighted by Gasteiger charge is 2.17. The van der Waals surface area contributed by atoms with Gasteiger partial charge < -0.3 is 5.73 Å². The average Bonchev–Trinajstić information content (AvgIpc) is 2.44. The van der Waals surface area contributed by atoms with Crippen molar-refractivity contribution < 1.29 is 4.79 Å². The summed E-state index contributed by atoms with van der Waals surface area (Å²) in [6.07, 6.45) is 2.96. The Bertz CT molecular complexity index is 676. The molecule has 19 heavy (non-hydrogen) atoms. The van der Waals surface area contributed by atoms with Crippen LogP contribution in [0.5, 0.6) is 0 Å². The van der Waals surface area contributed by atoms with Gasteiger partial charge in [-0.05, 0) is 35.6 Å². The van der Waals surface area contributed by atoms with Gasteiger partial charge in [-0.1, -0.05) is 36.4 Å². The summed E-state index contributed by atoms with van der Waals surface area (Å²) in [5, 5.41) is 6.63. The molecule has 0 saturated heterocycles. The van der Waals surface area contributed by atoms with E-state index < -0.39 is 6.03 Å². The lowest BCUT2D eigenvalue weighted by Crippen LogP contribution is -2.27. The van der Waals surface area contributed by atoms with E-state index in [0.29, 0.717) is 0 Å². The monoisotopic (exact) mass is 253 g/mol. The van der Waals surface area contributed by atoms with Crippen molar-refractivity contribution >= 4 is 22.5 Å². The third kappa shape index (κ3) is 2.17. The van der Waals surface area contributed by atoms with E-state index in [1.165, 1.54) is 16.3 Å². The van der Waals surface area contributed by atoms with Crippen molar-refractivity contribution in [1.82, 2.24) is 5.43 Å². The van der Waals surface area contributed by atoms with E-state index in [0.717, 1.165) is 30.5 Å². The Hall–Kier alpha value is -2.36. The summed E-state index contributed by atoms with van der Waals surface area (Å²) in [4.78, 5) is 10.8. The molecule has 3 rings (SSSR count). The van der Waals surface area contributed by atoms with Crippen molar-refractivity contribution in [2.24, 2.45) is 10.8 Å². The number of hydrogen-bond donors (Lipinski definition) is 2. The quantitative estimate of drug-likeness (QED) is 0.753. The third-order valence-corrected chi connectivity index (χ3v) is 3.49. The van der Waals surface area contributed by atoms with Crippen LogP contribution in [0.4, 0.5) is 4.79 Å². The molecule has 0 fully saturated rings. The summed E-state index contributed by atoms with van der Waals surface area (Å²) in [5.41, 5.74) is 10.7. The van der Waals surface area contributed by atoms with Crippen molar-refractivity contribution in [1.29, 1.82) is 0 Å². The minimum Gasteiger partial charge on any atom is -0.350 e. The second-order valence-corrected chi connectivity index (χ2v) is 4.70. The summed E-state index contributed by atoms with van der Waals surface area (Å²) in [5.74, 6) is 0. The lowest BCUT2D eigenvalue weighted by Gasteiger charge is -2.19. The second-order valence-electron chi connectivity index (χ2n) is 4.70. The summed E-state index contributed by atoms with van der Waals surface area (Å²) >= 11 is 0. The van der Waals surface area contributed by atoms with E-state index in [2.05, 4.69) is 40.9 Å². The van der Waals surface area contributed by atoms with Crippen LogP contribution in [0.15, 0.2) is 41.5 Å². The molecule has 2 amide bonds. The number of nitrogens with two attached hydrogens (primary N) is 1. The van der Waals surface area contributed by atoms with Crippen LogP contribution >= 0.6 is 0 Å². The van der Waals surface area contributed by atoms with Crippen molar-refractivity contribution in [3.8, 4) is 0 Å². The van der Waals surface area contributed by atoms with Crippen LogP contribution in [-0.4, -0.2) is 11.7 Å². The number of nitrogens with zero attached hydrogens (tertiary/aromatic N) is 1. The van der Waals surface area contributed by atoms with E-state index in [9.17, 15) is 4.79 Å². The van der Waals surface area contributed by atoms with Gasteiger partial charge in [-0.3, -0.25) is 0 Å². The van der Waals surface area contributed by atoms with Gasteiger partial charge in [0, 0.05) is 5.56 Å². The molecule has 0 saturated carbocycles. The number of nitrogens with one attached hydrogen (secondary N) is 1. The van der Waals surface area contributed by atoms with Crippen LogP contribution in [0.25, 0.3) is 10.8 Å². The average molecular weight is 253 g/mol. The molecular formula is C15H15N3O. The molecule has 3 N–H and O–H groups in total. The molecule has 4 nitrogen and oxygen atoms in total. The van der Waals surface area contributed by atoms with Crippen LogP contribution in [0.2, 0.25) is 0 Å². The number of carbonyl (C=O) groups excluding carboxylic acids is 1.